The Labute approximate surface area is 94.5 Å². The van der Waals surface area contributed by atoms with E-state index in [1.54, 1.807) is 14.0 Å². The van der Waals surface area contributed by atoms with E-state index in [9.17, 15) is 4.79 Å². The number of H-pyrrole nitrogens is 1. The van der Waals surface area contributed by atoms with Crippen LogP contribution in [0.4, 0.5) is 0 Å². The van der Waals surface area contributed by atoms with Crippen molar-refractivity contribution >= 4 is 5.91 Å². The molecule has 1 heterocycles. The lowest BCUT2D eigenvalue weighted by Gasteiger charge is -2.10. The van der Waals surface area contributed by atoms with Gasteiger partial charge in [-0.1, -0.05) is 0 Å². The zero-order chi connectivity index (χ0) is 12.0. The average Bonchev–Trinajstić information content (AvgIpc) is 2.64. The summed E-state index contributed by atoms with van der Waals surface area (Å²) >= 11 is 0. The number of hydrogen-bond acceptors (Lipinski definition) is 4. The van der Waals surface area contributed by atoms with Gasteiger partial charge in [0.2, 0.25) is 0 Å². The number of aromatic nitrogens is 2. The number of methoxy groups -OCH3 is 1. The van der Waals surface area contributed by atoms with Crippen molar-refractivity contribution in [3.05, 3.63) is 17.5 Å². The molecule has 0 saturated carbocycles. The molecule has 0 aliphatic heterocycles. The highest BCUT2D eigenvalue weighted by Gasteiger charge is 2.10. The van der Waals surface area contributed by atoms with Gasteiger partial charge >= 0.3 is 0 Å². The second kappa shape index (κ2) is 6.24. The van der Waals surface area contributed by atoms with E-state index in [1.165, 1.54) is 6.20 Å². The molecule has 1 amide bonds. The van der Waals surface area contributed by atoms with Gasteiger partial charge in [-0.05, 0) is 13.3 Å². The predicted molar refractivity (Wildman–Crippen MR) is 60.1 cm³/mol. The van der Waals surface area contributed by atoms with Crippen LogP contribution < -0.4 is 11.1 Å². The molecular formula is C10H18N4O2. The summed E-state index contributed by atoms with van der Waals surface area (Å²) in [5.74, 6) is -0.129. The maximum Gasteiger partial charge on any atom is 0.254 e. The van der Waals surface area contributed by atoms with Crippen molar-refractivity contribution < 1.29 is 9.53 Å². The van der Waals surface area contributed by atoms with Crippen LogP contribution in [0.1, 0.15) is 22.5 Å². The molecule has 1 aromatic rings. The first kappa shape index (κ1) is 12.7. The Kier molecular flexibility index (Phi) is 4.94. The number of nitrogens with zero attached hydrogens (tertiary/aromatic N) is 1. The summed E-state index contributed by atoms with van der Waals surface area (Å²) in [6.07, 6.45) is 2.20. The lowest BCUT2D eigenvalue weighted by Crippen LogP contribution is -2.33. The molecule has 0 fully saturated rings. The molecule has 0 bridgehead atoms. The molecule has 16 heavy (non-hydrogen) atoms. The van der Waals surface area contributed by atoms with Crippen LogP contribution in [0.15, 0.2) is 6.20 Å². The molecule has 6 nitrogen and oxygen atoms in total. The quantitative estimate of drug-likeness (QED) is 0.627. The summed E-state index contributed by atoms with van der Waals surface area (Å²) in [4.78, 5) is 11.6. The third-order valence-electron chi connectivity index (χ3n) is 2.26. The molecule has 0 saturated heterocycles. The first-order valence-electron chi connectivity index (χ1n) is 5.17. The zero-order valence-corrected chi connectivity index (χ0v) is 9.62. The molecule has 0 aliphatic rings. The molecule has 90 valence electrons. The maximum absolute atomic E-state index is 11.6. The van der Waals surface area contributed by atoms with Gasteiger partial charge in [0.05, 0.1) is 18.4 Å². The number of nitrogens with one attached hydrogen (secondary N) is 2. The molecule has 1 atom stereocenters. The highest BCUT2D eigenvalue weighted by atomic mass is 16.5. The highest BCUT2D eigenvalue weighted by molar-refractivity contribution is 5.94. The smallest absolute Gasteiger partial charge is 0.254 e. The highest BCUT2D eigenvalue weighted by Crippen LogP contribution is 2.01. The van der Waals surface area contributed by atoms with Gasteiger partial charge in [0, 0.05) is 25.4 Å². The van der Waals surface area contributed by atoms with E-state index in [0.29, 0.717) is 25.1 Å². The van der Waals surface area contributed by atoms with Crippen LogP contribution >= 0.6 is 0 Å². The minimum atomic E-state index is -0.129. The lowest BCUT2D eigenvalue weighted by atomic mass is 10.2. The van der Waals surface area contributed by atoms with Gasteiger partial charge in [-0.15, -0.1) is 0 Å². The van der Waals surface area contributed by atoms with Gasteiger partial charge in [0.15, 0.2) is 0 Å². The van der Waals surface area contributed by atoms with Crippen LogP contribution in [-0.4, -0.2) is 42.4 Å². The van der Waals surface area contributed by atoms with E-state index >= 15 is 0 Å². The fraction of sp³-hybridized carbons (Fsp3) is 0.600. The second-order valence-corrected chi connectivity index (χ2v) is 3.67. The van der Waals surface area contributed by atoms with Crippen molar-refractivity contribution in [3.63, 3.8) is 0 Å². The van der Waals surface area contributed by atoms with Crippen LogP contribution in [0.25, 0.3) is 0 Å². The molecule has 1 rings (SSSR count). The van der Waals surface area contributed by atoms with Crippen molar-refractivity contribution in [2.24, 2.45) is 5.73 Å². The average molecular weight is 226 g/mol. The predicted octanol–water partition coefficient (Wildman–Crippen LogP) is -0.188. The fourth-order valence-electron chi connectivity index (χ4n) is 1.34. The van der Waals surface area contributed by atoms with Gasteiger partial charge in [-0.2, -0.15) is 5.10 Å². The molecule has 6 heteroatoms. The lowest BCUT2D eigenvalue weighted by molar-refractivity contribution is 0.0949. The summed E-state index contributed by atoms with van der Waals surface area (Å²) in [5, 5.41) is 9.28. The van der Waals surface area contributed by atoms with E-state index < -0.39 is 0 Å². The third-order valence-corrected chi connectivity index (χ3v) is 2.26. The van der Waals surface area contributed by atoms with E-state index in [-0.39, 0.29) is 11.9 Å². The van der Waals surface area contributed by atoms with Gasteiger partial charge in [0.1, 0.15) is 0 Å². The molecule has 1 unspecified atom stereocenters. The summed E-state index contributed by atoms with van der Waals surface area (Å²) < 4.78 is 4.90. The second-order valence-electron chi connectivity index (χ2n) is 3.67. The minimum Gasteiger partial charge on any atom is -0.383 e. The van der Waals surface area contributed by atoms with Gasteiger partial charge in [0.25, 0.3) is 5.91 Å². The summed E-state index contributed by atoms with van der Waals surface area (Å²) in [5.41, 5.74) is 7.06. The number of carbonyl (C=O) groups is 1. The fourth-order valence-corrected chi connectivity index (χ4v) is 1.34. The van der Waals surface area contributed by atoms with Crippen LogP contribution in [0.5, 0.6) is 0 Å². The Morgan fingerprint density at radius 2 is 2.50 bits per heavy atom. The molecule has 0 spiro atoms. The first-order valence-corrected chi connectivity index (χ1v) is 5.17. The first-order chi connectivity index (χ1) is 7.65. The van der Waals surface area contributed by atoms with E-state index in [2.05, 4.69) is 15.5 Å². The zero-order valence-electron chi connectivity index (χ0n) is 9.62. The summed E-state index contributed by atoms with van der Waals surface area (Å²) in [6, 6.07) is -0.0456. The minimum absolute atomic E-state index is 0.0456. The number of aromatic amines is 1. The Morgan fingerprint density at radius 1 is 1.75 bits per heavy atom. The number of nitrogens with two attached hydrogens (primary N) is 1. The number of ether oxygens (including phenoxy) is 1. The topological polar surface area (TPSA) is 93.0 Å². The van der Waals surface area contributed by atoms with Gasteiger partial charge in [-0.25, -0.2) is 0 Å². The number of hydrogen-bond donors (Lipinski definition) is 3. The largest absolute Gasteiger partial charge is 0.383 e. The van der Waals surface area contributed by atoms with E-state index in [0.717, 1.165) is 5.69 Å². The summed E-state index contributed by atoms with van der Waals surface area (Å²) in [6.45, 7) is 2.84. The molecule has 0 aromatic carbocycles. The van der Waals surface area contributed by atoms with Crippen molar-refractivity contribution in [3.8, 4) is 0 Å². The number of rotatable bonds is 6. The van der Waals surface area contributed by atoms with Gasteiger partial charge in [-0.3, -0.25) is 9.89 Å². The standard InChI is InChI=1S/C10H18N4O2/c1-7-9(5-13-14-7)10(15)12-4-3-8(11)6-16-2/h5,8H,3-4,6,11H2,1-2H3,(H,12,15)(H,13,14). The summed E-state index contributed by atoms with van der Waals surface area (Å²) in [7, 11) is 1.60. The Bertz CT molecular complexity index is 337. The molecule has 4 N–H and O–H groups in total. The van der Waals surface area contributed by atoms with Crippen molar-refractivity contribution in [1.29, 1.82) is 0 Å². The van der Waals surface area contributed by atoms with E-state index in [1.807, 2.05) is 0 Å². The normalized spacial score (nSPS) is 12.4. The van der Waals surface area contributed by atoms with E-state index in [4.69, 9.17) is 10.5 Å². The number of carbonyl (C=O) groups excluding carboxylic acids is 1. The van der Waals surface area contributed by atoms with Gasteiger partial charge < -0.3 is 15.8 Å². The Hall–Kier alpha value is -1.40. The molecule has 1 aromatic heterocycles. The maximum atomic E-state index is 11.6. The van der Waals surface area contributed by atoms with Crippen LogP contribution in [-0.2, 0) is 4.74 Å². The van der Waals surface area contributed by atoms with Crippen LogP contribution in [0.3, 0.4) is 0 Å². The monoisotopic (exact) mass is 226 g/mol. The third kappa shape index (κ3) is 3.63. The van der Waals surface area contributed by atoms with Crippen LogP contribution in [0.2, 0.25) is 0 Å². The number of amides is 1. The molecular weight excluding hydrogens is 208 g/mol. The SMILES string of the molecule is COCC(N)CCNC(=O)c1cn[nH]c1C. The van der Waals surface area contributed by atoms with Crippen molar-refractivity contribution in [1.82, 2.24) is 15.5 Å². The Morgan fingerprint density at radius 3 is 3.06 bits per heavy atom. The van der Waals surface area contributed by atoms with Crippen molar-refractivity contribution in [2.45, 2.75) is 19.4 Å². The molecule has 0 radical (unpaired) electrons. The number of aryl methyl sites for hydroxylation is 1. The van der Waals surface area contributed by atoms with Crippen LogP contribution in [0, 0.1) is 6.92 Å². The van der Waals surface area contributed by atoms with Crippen molar-refractivity contribution in [2.75, 3.05) is 20.3 Å². The molecule has 0 aliphatic carbocycles. The Balaban J connectivity index is 2.29.